The zero-order valence-corrected chi connectivity index (χ0v) is 18.1. The van der Waals surface area contributed by atoms with Gasteiger partial charge in [-0.25, -0.2) is 0 Å². The van der Waals surface area contributed by atoms with Crippen molar-refractivity contribution in [1.29, 1.82) is 0 Å². The summed E-state index contributed by atoms with van der Waals surface area (Å²) in [6.45, 7) is 6.70. The van der Waals surface area contributed by atoms with Crippen LogP contribution in [0.15, 0.2) is 41.4 Å². The number of thiazole rings is 1. The van der Waals surface area contributed by atoms with Crippen molar-refractivity contribution in [3.8, 4) is 23.8 Å². The summed E-state index contributed by atoms with van der Waals surface area (Å²) in [6, 6.07) is 11.3. The third kappa shape index (κ3) is 4.20. The topological polar surface area (TPSA) is 52.8 Å². The highest BCUT2D eigenvalue weighted by Crippen LogP contribution is 2.33. The quantitative estimate of drug-likeness (QED) is 0.602. The van der Waals surface area contributed by atoms with E-state index < -0.39 is 0 Å². The van der Waals surface area contributed by atoms with Crippen molar-refractivity contribution < 1.29 is 14.3 Å². The maximum atomic E-state index is 12.8. The van der Waals surface area contributed by atoms with Gasteiger partial charge in [-0.15, -0.1) is 6.42 Å². The van der Waals surface area contributed by atoms with Gasteiger partial charge in [-0.3, -0.25) is 4.79 Å². The number of nitrogens with zero attached hydrogens (tertiary/aromatic N) is 2. The fourth-order valence-corrected chi connectivity index (χ4v) is 4.03. The lowest BCUT2D eigenvalue weighted by Gasteiger charge is -2.18. The van der Waals surface area contributed by atoms with Crippen LogP contribution in [-0.4, -0.2) is 24.7 Å². The summed E-state index contributed by atoms with van der Waals surface area (Å²) < 4.78 is 13.5. The van der Waals surface area contributed by atoms with Gasteiger partial charge in [0, 0.05) is 17.7 Å². The molecule has 0 N–H and O–H groups in total. The number of benzene rings is 2. The molecule has 0 atom stereocenters. The monoisotopic (exact) mass is 408 g/mol. The van der Waals surface area contributed by atoms with Crippen molar-refractivity contribution in [2.75, 3.05) is 14.2 Å². The zero-order chi connectivity index (χ0) is 21.2. The number of carbonyl (C=O) groups is 1. The first kappa shape index (κ1) is 20.7. The van der Waals surface area contributed by atoms with E-state index in [-0.39, 0.29) is 11.3 Å². The van der Waals surface area contributed by atoms with E-state index in [0.29, 0.717) is 28.4 Å². The van der Waals surface area contributed by atoms with Crippen molar-refractivity contribution in [3.63, 3.8) is 0 Å². The van der Waals surface area contributed by atoms with Crippen LogP contribution in [0.25, 0.3) is 10.2 Å². The van der Waals surface area contributed by atoms with Crippen LogP contribution >= 0.6 is 11.3 Å². The molecule has 150 valence electrons. The molecule has 0 aliphatic heterocycles. The van der Waals surface area contributed by atoms with Crippen molar-refractivity contribution >= 4 is 27.5 Å². The first-order valence-electron chi connectivity index (χ1n) is 9.17. The molecule has 0 aliphatic rings. The number of ether oxygens (including phenoxy) is 2. The largest absolute Gasteiger partial charge is 0.493 e. The Morgan fingerprint density at radius 1 is 1.14 bits per heavy atom. The predicted molar refractivity (Wildman–Crippen MR) is 117 cm³/mol. The molecule has 1 amide bonds. The van der Waals surface area contributed by atoms with Gasteiger partial charge in [-0.05, 0) is 23.1 Å². The van der Waals surface area contributed by atoms with Gasteiger partial charge in [0.2, 0.25) is 0 Å². The number of amides is 1. The molecule has 6 heteroatoms. The first-order chi connectivity index (χ1) is 13.8. The minimum atomic E-state index is -0.304. The highest BCUT2D eigenvalue weighted by Gasteiger charge is 2.15. The van der Waals surface area contributed by atoms with Gasteiger partial charge in [0.25, 0.3) is 5.91 Å². The molecule has 0 radical (unpaired) electrons. The lowest BCUT2D eigenvalue weighted by Crippen LogP contribution is -2.16. The van der Waals surface area contributed by atoms with Crippen molar-refractivity contribution in [2.24, 2.45) is 4.99 Å². The molecule has 3 rings (SSSR count). The Bertz CT molecular complexity index is 1160. The number of terminal acetylenes is 1. The molecule has 0 saturated carbocycles. The van der Waals surface area contributed by atoms with E-state index in [2.05, 4.69) is 31.7 Å². The van der Waals surface area contributed by atoms with Crippen LogP contribution < -0.4 is 14.3 Å². The van der Waals surface area contributed by atoms with E-state index >= 15 is 0 Å². The zero-order valence-electron chi connectivity index (χ0n) is 17.3. The third-order valence-corrected chi connectivity index (χ3v) is 5.67. The van der Waals surface area contributed by atoms with Crippen LogP contribution in [0.2, 0.25) is 0 Å². The minimum absolute atomic E-state index is 0.0259. The van der Waals surface area contributed by atoms with Crippen LogP contribution in [0, 0.1) is 12.3 Å². The smallest absolute Gasteiger partial charge is 0.279 e. The van der Waals surface area contributed by atoms with Gasteiger partial charge in [0.15, 0.2) is 16.3 Å². The number of carbonyl (C=O) groups excluding carboxylic acids is 1. The molecule has 0 spiro atoms. The molecular formula is C23H24N2O3S. The molecule has 1 heterocycles. The van der Waals surface area contributed by atoms with E-state index in [0.717, 1.165) is 15.8 Å². The number of hydrogen-bond donors (Lipinski definition) is 0. The van der Waals surface area contributed by atoms with Gasteiger partial charge in [0.05, 0.1) is 31.0 Å². The van der Waals surface area contributed by atoms with E-state index in [1.165, 1.54) is 11.3 Å². The molecule has 5 nitrogen and oxygen atoms in total. The average Bonchev–Trinajstić information content (AvgIpc) is 3.02. The number of methoxy groups -OCH3 is 2. The predicted octanol–water partition coefficient (Wildman–Crippen LogP) is 4.39. The molecule has 29 heavy (non-hydrogen) atoms. The Balaban J connectivity index is 2.10. The summed E-state index contributed by atoms with van der Waals surface area (Å²) in [7, 11) is 3.17. The van der Waals surface area contributed by atoms with Crippen molar-refractivity contribution in [2.45, 2.75) is 32.7 Å². The molecule has 3 aromatic rings. The Kier molecular flexibility index (Phi) is 5.81. The summed E-state index contributed by atoms with van der Waals surface area (Å²) in [6.07, 6.45) is 5.56. The normalized spacial score (nSPS) is 12.1. The molecule has 1 aromatic heterocycles. The molecule has 2 aromatic carbocycles. The number of fused-ring (bicyclic) bond motifs is 1. The van der Waals surface area contributed by atoms with E-state index in [1.807, 2.05) is 41.0 Å². The molecule has 0 saturated heterocycles. The standard InChI is InChI=1S/C23H24N2O3S/c1-7-12-25-17-13-18(27-5)19(28-6)14-20(17)29-22(25)24-21(26)15-8-10-16(11-9-15)23(2,3)4/h1,8-11,13-14H,12H2,2-6H3. The van der Waals surface area contributed by atoms with Crippen LogP contribution in [0.5, 0.6) is 11.5 Å². The average molecular weight is 409 g/mol. The molecule has 0 fully saturated rings. The number of hydrogen-bond acceptors (Lipinski definition) is 4. The molecular weight excluding hydrogens is 384 g/mol. The van der Waals surface area contributed by atoms with Crippen LogP contribution in [-0.2, 0) is 12.0 Å². The second kappa shape index (κ2) is 8.14. The Labute approximate surface area is 174 Å². The van der Waals surface area contributed by atoms with Gasteiger partial charge in [-0.1, -0.05) is 50.2 Å². The van der Waals surface area contributed by atoms with Gasteiger partial charge < -0.3 is 14.0 Å². The van der Waals surface area contributed by atoms with E-state index in [1.54, 1.807) is 14.2 Å². The van der Waals surface area contributed by atoms with Crippen LogP contribution in [0.4, 0.5) is 0 Å². The van der Waals surface area contributed by atoms with E-state index in [9.17, 15) is 4.79 Å². The lowest BCUT2D eigenvalue weighted by molar-refractivity contribution is 0.0998. The maximum absolute atomic E-state index is 12.8. The highest BCUT2D eigenvalue weighted by molar-refractivity contribution is 7.16. The summed E-state index contributed by atoms with van der Waals surface area (Å²) >= 11 is 1.39. The lowest BCUT2D eigenvalue weighted by atomic mass is 9.87. The fourth-order valence-electron chi connectivity index (χ4n) is 2.99. The third-order valence-electron chi connectivity index (χ3n) is 4.63. The second-order valence-corrected chi connectivity index (χ2v) is 8.60. The van der Waals surface area contributed by atoms with Gasteiger partial charge in [-0.2, -0.15) is 4.99 Å². The van der Waals surface area contributed by atoms with E-state index in [4.69, 9.17) is 15.9 Å². The maximum Gasteiger partial charge on any atom is 0.279 e. The van der Waals surface area contributed by atoms with Gasteiger partial charge >= 0.3 is 0 Å². The summed E-state index contributed by atoms with van der Waals surface area (Å²) in [5.74, 6) is 3.54. The summed E-state index contributed by atoms with van der Waals surface area (Å²) in [4.78, 5) is 17.7. The summed E-state index contributed by atoms with van der Waals surface area (Å²) in [5, 5.41) is 0. The van der Waals surface area contributed by atoms with Crippen LogP contribution in [0.3, 0.4) is 0 Å². The second-order valence-electron chi connectivity index (χ2n) is 7.59. The van der Waals surface area contributed by atoms with Gasteiger partial charge in [0.1, 0.15) is 0 Å². The fraction of sp³-hybridized carbons (Fsp3) is 0.304. The summed E-state index contributed by atoms with van der Waals surface area (Å²) in [5.41, 5.74) is 2.58. The van der Waals surface area contributed by atoms with Crippen molar-refractivity contribution in [1.82, 2.24) is 4.57 Å². The number of aromatic nitrogens is 1. The Hall–Kier alpha value is -3.04. The Morgan fingerprint density at radius 3 is 2.31 bits per heavy atom. The molecule has 0 bridgehead atoms. The SMILES string of the molecule is C#CCn1c(=NC(=O)c2ccc(C(C)(C)C)cc2)sc2cc(OC)c(OC)cc21. The van der Waals surface area contributed by atoms with Crippen LogP contribution in [0.1, 0.15) is 36.7 Å². The number of rotatable bonds is 4. The Morgan fingerprint density at radius 2 is 1.76 bits per heavy atom. The first-order valence-corrected chi connectivity index (χ1v) is 9.98. The minimum Gasteiger partial charge on any atom is -0.493 e. The molecule has 0 unspecified atom stereocenters. The van der Waals surface area contributed by atoms with Crippen molar-refractivity contribution in [3.05, 3.63) is 52.3 Å². The highest BCUT2D eigenvalue weighted by atomic mass is 32.1. The molecule has 0 aliphatic carbocycles.